The molecule has 0 aliphatic rings. The summed E-state index contributed by atoms with van der Waals surface area (Å²) in [5, 5.41) is 5.60. The van der Waals surface area contributed by atoms with Gasteiger partial charge in [0.15, 0.2) is 0 Å². The fourth-order valence-corrected chi connectivity index (χ4v) is 3.41. The van der Waals surface area contributed by atoms with Crippen molar-refractivity contribution in [2.45, 2.75) is 25.6 Å². The number of thiazole rings is 1. The van der Waals surface area contributed by atoms with Crippen LogP contribution in [0.3, 0.4) is 0 Å². The Morgan fingerprint density at radius 1 is 1.55 bits per heavy atom. The average molecular weight is 312 g/mol. The van der Waals surface area contributed by atoms with E-state index in [1.165, 1.54) is 0 Å². The Morgan fingerprint density at radius 3 is 3.05 bits per heavy atom. The van der Waals surface area contributed by atoms with Crippen molar-refractivity contribution in [2.75, 3.05) is 5.75 Å². The SMILES string of the molecule is CCc1nc(CS(=O)CC(=O)NCc2ccco2)cs1. The lowest BCUT2D eigenvalue weighted by molar-refractivity contribution is -0.118. The number of aryl methyl sites for hydroxylation is 1. The molecule has 0 aromatic carbocycles. The number of hydrogen-bond acceptors (Lipinski definition) is 5. The Balaban J connectivity index is 1.74. The number of nitrogens with one attached hydrogen (secondary N) is 1. The highest BCUT2D eigenvalue weighted by atomic mass is 32.2. The van der Waals surface area contributed by atoms with E-state index in [2.05, 4.69) is 10.3 Å². The highest BCUT2D eigenvalue weighted by Gasteiger charge is 2.11. The number of rotatable bonds is 7. The second kappa shape index (κ2) is 7.35. The Morgan fingerprint density at radius 2 is 2.40 bits per heavy atom. The van der Waals surface area contributed by atoms with Crippen LogP contribution in [-0.4, -0.2) is 20.9 Å². The summed E-state index contributed by atoms with van der Waals surface area (Å²) in [7, 11) is -1.24. The van der Waals surface area contributed by atoms with Gasteiger partial charge in [-0.3, -0.25) is 9.00 Å². The molecule has 0 aliphatic carbocycles. The van der Waals surface area contributed by atoms with Gasteiger partial charge in [-0.15, -0.1) is 11.3 Å². The van der Waals surface area contributed by atoms with E-state index in [9.17, 15) is 9.00 Å². The van der Waals surface area contributed by atoms with Crippen molar-refractivity contribution in [3.63, 3.8) is 0 Å². The standard InChI is InChI=1S/C13H16N2O3S2/c1-2-13-15-10(7-19-13)8-20(17)9-12(16)14-6-11-4-3-5-18-11/h3-5,7H,2,6,8-9H2,1H3,(H,14,16). The molecule has 5 nitrogen and oxygen atoms in total. The van der Waals surface area contributed by atoms with Gasteiger partial charge in [-0.25, -0.2) is 4.98 Å². The zero-order valence-corrected chi connectivity index (χ0v) is 12.8. The molecule has 0 saturated carbocycles. The highest BCUT2D eigenvalue weighted by molar-refractivity contribution is 7.84. The van der Waals surface area contributed by atoms with Crippen molar-refractivity contribution >= 4 is 28.0 Å². The summed E-state index contributed by atoms with van der Waals surface area (Å²) in [6.45, 7) is 2.35. The second-order valence-corrected chi connectivity index (χ2v) is 6.57. The number of furan rings is 1. The van der Waals surface area contributed by atoms with Crippen LogP contribution in [0.4, 0.5) is 0 Å². The molecule has 20 heavy (non-hydrogen) atoms. The van der Waals surface area contributed by atoms with Crippen LogP contribution < -0.4 is 5.32 Å². The molecule has 7 heteroatoms. The summed E-state index contributed by atoms with van der Waals surface area (Å²) < 4.78 is 17.0. The van der Waals surface area contributed by atoms with E-state index >= 15 is 0 Å². The lowest BCUT2D eigenvalue weighted by Crippen LogP contribution is -2.28. The molecule has 1 unspecified atom stereocenters. The minimum absolute atomic E-state index is 0.0142. The molecule has 0 bridgehead atoms. The number of carbonyl (C=O) groups is 1. The summed E-state index contributed by atoms with van der Waals surface area (Å²) in [4.78, 5) is 16.0. The molecule has 2 rings (SSSR count). The minimum atomic E-state index is -1.24. The average Bonchev–Trinajstić information content (AvgIpc) is 3.06. The third-order valence-corrected chi connectivity index (χ3v) is 4.79. The van der Waals surface area contributed by atoms with E-state index in [1.807, 2.05) is 12.3 Å². The smallest absolute Gasteiger partial charge is 0.233 e. The van der Waals surface area contributed by atoms with Crippen LogP contribution in [0, 0.1) is 0 Å². The number of carbonyl (C=O) groups excluding carboxylic acids is 1. The minimum Gasteiger partial charge on any atom is -0.467 e. The van der Waals surface area contributed by atoms with Gasteiger partial charge >= 0.3 is 0 Å². The Bertz CT molecular complexity index is 578. The second-order valence-electron chi connectivity index (χ2n) is 4.17. The van der Waals surface area contributed by atoms with Crippen LogP contribution in [0.1, 0.15) is 23.4 Å². The molecule has 108 valence electrons. The number of nitrogens with zero attached hydrogens (tertiary/aromatic N) is 1. The first-order valence-corrected chi connectivity index (χ1v) is 8.61. The molecular formula is C13H16N2O3S2. The van der Waals surface area contributed by atoms with Crippen LogP contribution in [0.25, 0.3) is 0 Å². The first kappa shape index (κ1) is 14.9. The van der Waals surface area contributed by atoms with Crippen LogP contribution in [0.2, 0.25) is 0 Å². The van der Waals surface area contributed by atoms with E-state index in [0.29, 0.717) is 18.1 Å². The van der Waals surface area contributed by atoms with Crippen LogP contribution in [0.5, 0.6) is 0 Å². The summed E-state index contributed by atoms with van der Waals surface area (Å²) in [5.74, 6) is 0.742. The van der Waals surface area contributed by atoms with Crippen LogP contribution in [0.15, 0.2) is 28.2 Å². The lowest BCUT2D eigenvalue weighted by Gasteiger charge is -2.02. The molecule has 0 spiro atoms. The van der Waals surface area contributed by atoms with Gasteiger partial charge < -0.3 is 9.73 Å². The molecule has 2 aromatic heterocycles. The number of aromatic nitrogens is 1. The maximum Gasteiger partial charge on any atom is 0.233 e. The first-order valence-electron chi connectivity index (χ1n) is 6.24. The summed E-state index contributed by atoms with van der Waals surface area (Å²) in [5.41, 5.74) is 0.795. The van der Waals surface area contributed by atoms with Gasteiger partial charge in [-0.1, -0.05) is 6.92 Å². The van der Waals surface area contributed by atoms with Crippen LogP contribution in [-0.2, 0) is 34.3 Å². The third kappa shape index (κ3) is 4.57. The molecule has 2 aromatic rings. The van der Waals surface area contributed by atoms with Gasteiger partial charge in [0, 0.05) is 16.2 Å². The zero-order chi connectivity index (χ0) is 14.4. The van der Waals surface area contributed by atoms with E-state index in [0.717, 1.165) is 17.1 Å². The van der Waals surface area contributed by atoms with Crippen molar-refractivity contribution in [3.05, 3.63) is 40.2 Å². The molecule has 0 saturated heterocycles. The molecule has 1 atom stereocenters. The molecule has 0 aliphatic heterocycles. The number of hydrogen-bond donors (Lipinski definition) is 1. The molecule has 2 heterocycles. The quantitative estimate of drug-likeness (QED) is 0.847. The van der Waals surface area contributed by atoms with Crippen molar-refractivity contribution in [2.24, 2.45) is 0 Å². The molecule has 0 fully saturated rings. The largest absolute Gasteiger partial charge is 0.467 e. The van der Waals surface area contributed by atoms with E-state index in [4.69, 9.17) is 4.42 Å². The van der Waals surface area contributed by atoms with Gasteiger partial charge in [0.25, 0.3) is 0 Å². The van der Waals surface area contributed by atoms with Crippen molar-refractivity contribution in [1.82, 2.24) is 10.3 Å². The van der Waals surface area contributed by atoms with Gasteiger partial charge in [-0.05, 0) is 18.6 Å². The monoisotopic (exact) mass is 312 g/mol. The predicted octanol–water partition coefficient (Wildman–Crippen LogP) is 1.86. The Hall–Kier alpha value is -1.47. The molecule has 1 N–H and O–H groups in total. The topological polar surface area (TPSA) is 72.2 Å². The summed E-state index contributed by atoms with van der Waals surface area (Å²) in [6, 6.07) is 3.53. The zero-order valence-electron chi connectivity index (χ0n) is 11.1. The fraction of sp³-hybridized carbons (Fsp3) is 0.385. The first-order chi connectivity index (χ1) is 9.67. The van der Waals surface area contributed by atoms with Gasteiger partial charge in [0.2, 0.25) is 5.91 Å². The van der Waals surface area contributed by atoms with E-state index < -0.39 is 10.8 Å². The number of amides is 1. The Labute approximate surface area is 123 Å². The third-order valence-electron chi connectivity index (χ3n) is 2.54. The predicted molar refractivity (Wildman–Crippen MR) is 78.8 cm³/mol. The normalized spacial score (nSPS) is 12.2. The molecule has 0 radical (unpaired) electrons. The van der Waals surface area contributed by atoms with Crippen LogP contribution >= 0.6 is 11.3 Å². The molecular weight excluding hydrogens is 296 g/mol. The molecule has 1 amide bonds. The lowest BCUT2D eigenvalue weighted by atomic mass is 10.4. The van der Waals surface area contributed by atoms with E-state index in [1.54, 1.807) is 29.7 Å². The van der Waals surface area contributed by atoms with Gasteiger partial charge in [0.1, 0.15) is 11.5 Å². The maximum absolute atomic E-state index is 11.9. The summed E-state index contributed by atoms with van der Waals surface area (Å²) >= 11 is 1.56. The van der Waals surface area contributed by atoms with Crippen molar-refractivity contribution in [1.29, 1.82) is 0 Å². The Kier molecular flexibility index (Phi) is 5.49. The van der Waals surface area contributed by atoms with Crippen molar-refractivity contribution in [3.8, 4) is 0 Å². The van der Waals surface area contributed by atoms with E-state index in [-0.39, 0.29) is 11.7 Å². The highest BCUT2D eigenvalue weighted by Crippen LogP contribution is 2.11. The van der Waals surface area contributed by atoms with Gasteiger partial charge in [-0.2, -0.15) is 0 Å². The fourth-order valence-electron chi connectivity index (χ4n) is 1.59. The summed E-state index contributed by atoms with van der Waals surface area (Å²) in [6.07, 6.45) is 2.42. The van der Waals surface area contributed by atoms with Crippen molar-refractivity contribution < 1.29 is 13.4 Å². The maximum atomic E-state index is 11.9. The van der Waals surface area contributed by atoms with Gasteiger partial charge in [0.05, 0.1) is 29.3 Å².